The number of hydrogen-bond acceptors (Lipinski definition) is 4. The molecule has 0 unspecified atom stereocenters. The largest absolute Gasteiger partial charge is 0.394 e. The molecule has 0 aliphatic carbocycles. The predicted molar refractivity (Wildman–Crippen MR) is 64.8 cm³/mol. The lowest BCUT2D eigenvalue weighted by Crippen LogP contribution is -2.42. The van der Waals surface area contributed by atoms with Crippen molar-refractivity contribution in [2.24, 2.45) is 0 Å². The summed E-state index contributed by atoms with van der Waals surface area (Å²) >= 11 is 0. The van der Waals surface area contributed by atoms with Gasteiger partial charge < -0.3 is 11.1 Å². The molecule has 0 aliphatic heterocycles. The van der Waals surface area contributed by atoms with Crippen LogP contribution in [0.5, 0.6) is 0 Å². The van der Waals surface area contributed by atoms with E-state index in [4.69, 9.17) is 5.73 Å². The van der Waals surface area contributed by atoms with Crippen molar-refractivity contribution in [1.82, 2.24) is 10.0 Å². The number of nitrogens with one attached hydrogen (secondary N) is 2. The van der Waals surface area contributed by atoms with E-state index in [9.17, 15) is 22.0 Å². The summed E-state index contributed by atoms with van der Waals surface area (Å²) in [6.45, 7) is 3.23. The van der Waals surface area contributed by atoms with Gasteiger partial charge in [-0.15, -0.1) is 0 Å². The molecule has 0 aromatic heterocycles. The van der Waals surface area contributed by atoms with Crippen LogP contribution in [-0.4, -0.2) is 20.5 Å². The molecular weight excluding hydrogens is 280 g/mol. The van der Waals surface area contributed by atoms with Crippen molar-refractivity contribution in [2.45, 2.75) is 24.8 Å². The van der Waals surface area contributed by atoms with Crippen LogP contribution < -0.4 is 15.8 Å². The number of rotatable bonds is 3. The van der Waals surface area contributed by atoms with E-state index in [1.54, 1.807) is 18.6 Å². The molecule has 1 aromatic rings. The molecule has 0 heterocycles. The maximum absolute atomic E-state index is 13.6. The Balaban J connectivity index is 3.08. The minimum absolute atomic E-state index is 0.307. The normalized spacial score (nSPS) is 11.4. The molecule has 1 aromatic carbocycles. The Bertz CT molecular complexity index is 602. The van der Waals surface area contributed by atoms with Crippen LogP contribution in [0.25, 0.3) is 0 Å². The lowest BCUT2D eigenvalue weighted by atomic mass is 10.3. The van der Waals surface area contributed by atoms with Crippen molar-refractivity contribution < 1.29 is 22.0 Å². The second-order valence-electron chi connectivity index (χ2n) is 4.01. The van der Waals surface area contributed by atoms with E-state index in [1.165, 1.54) is 0 Å². The van der Waals surface area contributed by atoms with Crippen LogP contribution in [0.1, 0.15) is 13.8 Å². The molecule has 6 nitrogen and oxygen atoms in total. The summed E-state index contributed by atoms with van der Waals surface area (Å²) in [5.41, 5.74) is 4.12. The number of anilines is 1. The fourth-order valence-electron chi connectivity index (χ4n) is 1.23. The topological polar surface area (TPSA) is 101 Å². The van der Waals surface area contributed by atoms with E-state index in [-0.39, 0.29) is 6.04 Å². The molecule has 0 aliphatic rings. The standard InChI is InChI=1S/C10H13F2N3O3S/c1-5(2)14-10(16)15-19(17,18)7-4-3-6(11)9(13)8(7)12/h3-5H,13H2,1-2H3,(H2,14,15,16). The zero-order valence-electron chi connectivity index (χ0n) is 10.2. The first-order valence-electron chi connectivity index (χ1n) is 5.22. The Morgan fingerprint density at radius 3 is 2.42 bits per heavy atom. The molecule has 0 radical (unpaired) electrons. The second kappa shape index (κ2) is 5.39. The highest BCUT2D eigenvalue weighted by molar-refractivity contribution is 7.90. The fourth-order valence-corrected chi connectivity index (χ4v) is 2.23. The van der Waals surface area contributed by atoms with Crippen LogP contribution in [-0.2, 0) is 10.0 Å². The summed E-state index contributed by atoms with van der Waals surface area (Å²) in [6, 6.07) is 0.0647. The van der Waals surface area contributed by atoms with Gasteiger partial charge in [0.1, 0.15) is 16.4 Å². The Labute approximate surface area is 109 Å². The van der Waals surface area contributed by atoms with E-state index >= 15 is 0 Å². The molecule has 4 N–H and O–H groups in total. The molecule has 9 heteroatoms. The summed E-state index contributed by atoms with van der Waals surface area (Å²) in [6.07, 6.45) is 0. The first-order chi connectivity index (χ1) is 8.65. The van der Waals surface area contributed by atoms with Gasteiger partial charge in [0.05, 0.1) is 0 Å². The molecule has 0 saturated carbocycles. The lowest BCUT2D eigenvalue weighted by Gasteiger charge is -2.11. The summed E-state index contributed by atoms with van der Waals surface area (Å²) in [7, 11) is -4.46. The number of hydrogen-bond donors (Lipinski definition) is 3. The first kappa shape index (κ1) is 15.2. The van der Waals surface area contributed by atoms with Crippen molar-refractivity contribution >= 4 is 21.7 Å². The molecule has 0 bridgehead atoms. The molecule has 2 amide bonds. The number of carbonyl (C=O) groups excluding carboxylic acids is 1. The van der Waals surface area contributed by atoms with E-state index in [0.29, 0.717) is 12.1 Å². The van der Waals surface area contributed by atoms with Crippen LogP contribution >= 0.6 is 0 Å². The average molecular weight is 293 g/mol. The zero-order valence-corrected chi connectivity index (χ0v) is 11.0. The van der Waals surface area contributed by atoms with E-state index in [2.05, 4.69) is 5.32 Å². The van der Waals surface area contributed by atoms with Crippen molar-refractivity contribution in [3.05, 3.63) is 23.8 Å². The van der Waals surface area contributed by atoms with Crippen molar-refractivity contribution in [1.29, 1.82) is 0 Å². The van der Waals surface area contributed by atoms with Gasteiger partial charge in [-0.1, -0.05) is 0 Å². The molecule has 0 saturated heterocycles. The third-order valence-corrected chi connectivity index (χ3v) is 3.38. The average Bonchev–Trinajstić information content (AvgIpc) is 2.23. The van der Waals surface area contributed by atoms with Gasteiger partial charge in [-0.05, 0) is 26.0 Å². The van der Waals surface area contributed by atoms with Crippen LogP contribution in [0.2, 0.25) is 0 Å². The zero-order chi connectivity index (χ0) is 14.8. The molecule has 0 spiro atoms. The number of carbonyl (C=O) groups is 1. The van der Waals surface area contributed by atoms with Gasteiger partial charge in [0.2, 0.25) is 0 Å². The molecule has 0 fully saturated rings. The quantitative estimate of drug-likeness (QED) is 0.722. The third-order valence-electron chi connectivity index (χ3n) is 2.03. The van der Waals surface area contributed by atoms with Crippen molar-refractivity contribution in [2.75, 3.05) is 5.73 Å². The fraction of sp³-hybridized carbons (Fsp3) is 0.300. The minimum Gasteiger partial charge on any atom is -0.394 e. The second-order valence-corrected chi connectivity index (χ2v) is 5.66. The van der Waals surface area contributed by atoms with Gasteiger partial charge >= 0.3 is 6.03 Å². The molecule has 106 valence electrons. The lowest BCUT2D eigenvalue weighted by molar-refractivity contribution is 0.243. The van der Waals surface area contributed by atoms with Gasteiger partial charge in [0.15, 0.2) is 5.82 Å². The maximum Gasteiger partial charge on any atom is 0.328 e. The minimum atomic E-state index is -4.46. The Kier molecular flexibility index (Phi) is 4.30. The Hall–Kier alpha value is -1.90. The van der Waals surface area contributed by atoms with E-state index < -0.39 is 38.3 Å². The van der Waals surface area contributed by atoms with Crippen LogP contribution in [0, 0.1) is 11.6 Å². The highest BCUT2D eigenvalue weighted by Gasteiger charge is 2.24. The highest BCUT2D eigenvalue weighted by atomic mass is 32.2. The number of halogens is 2. The van der Waals surface area contributed by atoms with Crippen LogP contribution in [0.3, 0.4) is 0 Å². The van der Waals surface area contributed by atoms with Crippen LogP contribution in [0.15, 0.2) is 17.0 Å². The van der Waals surface area contributed by atoms with E-state index in [0.717, 1.165) is 0 Å². The smallest absolute Gasteiger partial charge is 0.328 e. The molecular formula is C10H13F2N3O3S. The van der Waals surface area contributed by atoms with Gasteiger partial charge in [0.25, 0.3) is 10.0 Å². The number of urea groups is 1. The Morgan fingerprint density at radius 1 is 1.32 bits per heavy atom. The van der Waals surface area contributed by atoms with Gasteiger partial charge in [-0.3, -0.25) is 0 Å². The maximum atomic E-state index is 13.6. The summed E-state index contributed by atoms with van der Waals surface area (Å²) in [5, 5.41) is 2.26. The number of benzene rings is 1. The number of nitrogen functional groups attached to an aromatic ring is 1. The molecule has 0 atom stereocenters. The highest BCUT2D eigenvalue weighted by Crippen LogP contribution is 2.22. The Morgan fingerprint density at radius 2 is 1.89 bits per heavy atom. The van der Waals surface area contributed by atoms with Crippen molar-refractivity contribution in [3.8, 4) is 0 Å². The van der Waals surface area contributed by atoms with Gasteiger partial charge in [0, 0.05) is 6.04 Å². The SMILES string of the molecule is CC(C)NC(=O)NS(=O)(=O)c1ccc(F)c(N)c1F. The number of nitrogens with two attached hydrogens (primary N) is 1. The molecule has 19 heavy (non-hydrogen) atoms. The summed E-state index contributed by atoms with van der Waals surface area (Å²) < 4.78 is 51.5. The summed E-state index contributed by atoms with van der Waals surface area (Å²) in [4.78, 5) is 10.4. The monoisotopic (exact) mass is 293 g/mol. The summed E-state index contributed by atoms with van der Waals surface area (Å²) in [5.74, 6) is -2.52. The molecule has 1 rings (SSSR count). The van der Waals surface area contributed by atoms with Crippen LogP contribution in [0.4, 0.5) is 19.3 Å². The van der Waals surface area contributed by atoms with E-state index in [1.807, 2.05) is 0 Å². The first-order valence-corrected chi connectivity index (χ1v) is 6.70. The number of amides is 2. The van der Waals surface area contributed by atoms with Crippen molar-refractivity contribution in [3.63, 3.8) is 0 Å². The van der Waals surface area contributed by atoms with Gasteiger partial charge in [-0.25, -0.2) is 26.7 Å². The predicted octanol–water partition coefficient (Wildman–Crippen LogP) is 0.943. The van der Waals surface area contributed by atoms with Gasteiger partial charge in [-0.2, -0.15) is 0 Å². The third kappa shape index (κ3) is 3.53. The number of sulfonamides is 1.